The van der Waals surface area contributed by atoms with E-state index < -0.39 is 0 Å². The van der Waals surface area contributed by atoms with Crippen LogP contribution in [0.4, 0.5) is 0 Å². The largest absolute Gasteiger partial charge is 0.342 e. The van der Waals surface area contributed by atoms with Gasteiger partial charge < -0.3 is 9.47 Å². The Labute approximate surface area is 147 Å². The van der Waals surface area contributed by atoms with Gasteiger partial charge in [-0.25, -0.2) is 0 Å². The average Bonchev–Trinajstić information content (AvgIpc) is 2.90. The van der Waals surface area contributed by atoms with Gasteiger partial charge in [0.25, 0.3) is 0 Å². The van der Waals surface area contributed by atoms with Gasteiger partial charge in [-0.3, -0.25) is 0 Å². The fraction of sp³-hybridized carbons (Fsp3) is 0.333. The Balaban J connectivity index is 1.71. The van der Waals surface area contributed by atoms with E-state index >= 15 is 0 Å². The lowest BCUT2D eigenvalue weighted by Crippen LogP contribution is -2.33. The minimum Gasteiger partial charge on any atom is -0.342 e. The molecule has 2 aliphatic heterocycles. The van der Waals surface area contributed by atoms with Crippen LogP contribution in [0, 0.1) is 6.92 Å². The monoisotopic (exact) mass is 334 g/mol. The lowest BCUT2D eigenvalue weighted by atomic mass is 10.0. The van der Waals surface area contributed by atoms with Gasteiger partial charge in [0.05, 0.1) is 5.25 Å². The van der Waals surface area contributed by atoms with Crippen LogP contribution in [0.25, 0.3) is 10.9 Å². The van der Waals surface area contributed by atoms with Crippen molar-refractivity contribution in [3.05, 3.63) is 70.9 Å². The number of hydrogen-bond acceptors (Lipinski definition) is 2. The first-order valence-corrected chi connectivity index (χ1v) is 9.65. The highest BCUT2D eigenvalue weighted by Gasteiger charge is 2.36. The minimum absolute atomic E-state index is 0.542. The van der Waals surface area contributed by atoms with Gasteiger partial charge >= 0.3 is 0 Å². The van der Waals surface area contributed by atoms with Crippen LogP contribution in [-0.2, 0) is 13.1 Å². The second-order valence-electron chi connectivity index (χ2n) is 7.22. The highest BCUT2D eigenvalue weighted by atomic mass is 32.2. The molecule has 2 aliphatic rings. The van der Waals surface area contributed by atoms with Crippen LogP contribution in [0.3, 0.4) is 0 Å². The summed E-state index contributed by atoms with van der Waals surface area (Å²) in [5, 5.41) is 2.58. The maximum Gasteiger partial charge on any atom is 0.0587 e. The number of rotatable bonds is 1. The predicted molar refractivity (Wildman–Crippen MR) is 103 cm³/mol. The van der Waals surface area contributed by atoms with E-state index in [9.17, 15) is 0 Å². The van der Waals surface area contributed by atoms with Crippen LogP contribution in [0.5, 0.6) is 0 Å². The Morgan fingerprint density at radius 1 is 1.00 bits per heavy atom. The molecule has 1 aromatic heterocycles. The van der Waals surface area contributed by atoms with Crippen LogP contribution in [0.15, 0.2) is 48.5 Å². The Kier molecular flexibility index (Phi) is 3.29. The smallest absolute Gasteiger partial charge is 0.0587 e. The second-order valence-corrected chi connectivity index (χ2v) is 8.63. The van der Waals surface area contributed by atoms with E-state index in [4.69, 9.17) is 0 Å². The fourth-order valence-corrected chi connectivity index (χ4v) is 6.04. The molecule has 0 N–H and O–H groups in total. The zero-order chi connectivity index (χ0) is 16.3. The van der Waals surface area contributed by atoms with Gasteiger partial charge in [-0.15, -0.1) is 11.8 Å². The van der Waals surface area contributed by atoms with Crippen LogP contribution in [0.1, 0.15) is 32.9 Å². The third kappa shape index (κ3) is 2.15. The fourth-order valence-electron chi connectivity index (χ4n) is 4.36. The summed E-state index contributed by atoms with van der Waals surface area (Å²) in [6, 6.07) is 18.0. The van der Waals surface area contributed by atoms with Gasteiger partial charge in [0, 0.05) is 41.5 Å². The molecule has 0 fully saturated rings. The lowest BCUT2D eigenvalue weighted by molar-refractivity contribution is 0.303. The number of aromatic nitrogens is 1. The lowest BCUT2D eigenvalue weighted by Gasteiger charge is -2.38. The third-order valence-corrected chi connectivity index (χ3v) is 6.88. The van der Waals surface area contributed by atoms with Crippen molar-refractivity contribution in [3.8, 4) is 0 Å². The van der Waals surface area contributed by atoms with E-state index in [0.29, 0.717) is 10.5 Å². The molecule has 3 heteroatoms. The average molecular weight is 334 g/mol. The molecule has 0 bridgehead atoms. The zero-order valence-electron chi connectivity index (χ0n) is 14.2. The Bertz CT molecular complexity index is 912. The predicted octanol–water partition coefficient (Wildman–Crippen LogP) is 4.92. The third-order valence-electron chi connectivity index (χ3n) is 5.43. The Morgan fingerprint density at radius 2 is 1.83 bits per heavy atom. The summed E-state index contributed by atoms with van der Waals surface area (Å²) in [7, 11) is 2.26. The van der Waals surface area contributed by atoms with Crippen LogP contribution in [0.2, 0.25) is 0 Å². The number of aryl methyl sites for hydroxylation is 1. The molecule has 122 valence electrons. The van der Waals surface area contributed by atoms with Crippen LogP contribution in [-0.4, -0.2) is 23.1 Å². The van der Waals surface area contributed by atoms with E-state index in [2.05, 4.69) is 83.7 Å². The normalized spacial score (nSPS) is 23.4. The number of hydrogen-bond donors (Lipinski definition) is 0. The van der Waals surface area contributed by atoms with Crippen molar-refractivity contribution in [1.82, 2.24) is 9.47 Å². The van der Waals surface area contributed by atoms with Crippen molar-refractivity contribution in [3.63, 3.8) is 0 Å². The number of benzene rings is 2. The maximum absolute atomic E-state index is 2.62. The van der Waals surface area contributed by atoms with Gasteiger partial charge in [-0.2, -0.15) is 0 Å². The molecule has 3 heterocycles. The molecule has 24 heavy (non-hydrogen) atoms. The van der Waals surface area contributed by atoms with Crippen molar-refractivity contribution in [2.24, 2.45) is 0 Å². The molecule has 2 nitrogen and oxygen atoms in total. The van der Waals surface area contributed by atoms with Gasteiger partial charge in [-0.05, 0) is 37.2 Å². The van der Waals surface area contributed by atoms with Crippen molar-refractivity contribution in [2.45, 2.75) is 30.5 Å². The van der Waals surface area contributed by atoms with E-state index in [1.54, 1.807) is 11.3 Å². The molecule has 2 atom stereocenters. The molecule has 2 unspecified atom stereocenters. The van der Waals surface area contributed by atoms with Crippen molar-refractivity contribution < 1.29 is 0 Å². The van der Waals surface area contributed by atoms with Gasteiger partial charge in [0.15, 0.2) is 0 Å². The molecule has 0 aliphatic carbocycles. The summed E-state index contributed by atoms with van der Waals surface area (Å²) in [6.07, 6.45) is 0. The number of fused-ring (bicyclic) bond motifs is 3. The van der Waals surface area contributed by atoms with Gasteiger partial charge in [-0.1, -0.05) is 42.0 Å². The first-order valence-electron chi connectivity index (χ1n) is 8.71. The van der Waals surface area contributed by atoms with Crippen LogP contribution < -0.4 is 0 Å². The summed E-state index contributed by atoms with van der Waals surface area (Å²) in [6.45, 7) is 5.52. The molecule has 0 saturated heterocycles. The summed E-state index contributed by atoms with van der Waals surface area (Å²) < 4.78 is 2.62. The molecule has 3 aromatic rings. The van der Waals surface area contributed by atoms with Crippen LogP contribution >= 0.6 is 11.8 Å². The number of nitrogens with zero attached hydrogens (tertiary/aromatic N) is 2. The standard InChI is InChI=1S/C21H22N2S/c1-14-8-9-18-16(10-14)17-11-22(2)12-20-21(17)23(18)13-19(24-20)15-6-4-3-5-7-15/h3-10,19-20H,11-13H2,1-2H3. The first kappa shape index (κ1) is 14.6. The summed E-state index contributed by atoms with van der Waals surface area (Å²) in [4.78, 5) is 2.49. The molecule has 0 radical (unpaired) electrons. The molecule has 5 rings (SSSR count). The molecule has 0 amide bonds. The topological polar surface area (TPSA) is 8.17 Å². The van der Waals surface area contributed by atoms with E-state index in [0.717, 1.165) is 19.6 Å². The highest BCUT2D eigenvalue weighted by Crippen LogP contribution is 2.51. The SMILES string of the molecule is Cc1ccc2c(c1)c1c3n2CC(c2ccccc2)SC3CN(C)C1. The number of likely N-dealkylation sites (N-methyl/N-ethyl adjacent to an activating group) is 1. The van der Waals surface area contributed by atoms with E-state index in [1.165, 1.54) is 22.0 Å². The minimum atomic E-state index is 0.542. The summed E-state index contributed by atoms with van der Waals surface area (Å²) in [5.41, 5.74) is 7.39. The Morgan fingerprint density at radius 3 is 2.67 bits per heavy atom. The summed E-state index contributed by atoms with van der Waals surface area (Å²) >= 11 is 2.15. The molecular weight excluding hydrogens is 312 g/mol. The molecule has 2 aromatic carbocycles. The maximum atomic E-state index is 2.62. The summed E-state index contributed by atoms with van der Waals surface area (Å²) in [5.74, 6) is 0. The van der Waals surface area contributed by atoms with E-state index in [1.807, 2.05) is 0 Å². The highest BCUT2D eigenvalue weighted by molar-refractivity contribution is 7.99. The van der Waals surface area contributed by atoms with Gasteiger partial charge in [0.1, 0.15) is 0 Å². The zero-order valence-corrected chi connectivity index (χ0v) is 15.0. The van der Waals surface area contributed by atoms with Crippen molar-refractivity contribution >= 4 is 22.7 Å². The molecule has 0 saturated carbocycles. The first-order chi connectivity index (χ1) is 11.7. The van der Waals surface area contributed by atoms with E-state index in [-0.39, 0.29) is 0 Å². The second kappa shape index (κ2) is 5.40. The Hall–Kier alpha value is -1.71. The molecular formula is C21H22N2S. The molecule has 0 spiro atoms. The van der Waals surface area contributed by atoms with Gasteiger partial charge in [0.2, 0.25) is 0 Å². The van der Waals surface area contributed by atoms with Crippen molar-refractivity contribution in [1.29, 1.82) is 0 Å². The van der Waals surface area contributed by atoms with Crippen molar-refractivity contribution in [2.75, 3.05) is 13.6 Å². The quantitative estimate of drug-likeness (QED) is 0.624. The number of thioether (sulfide) groups is 1.